The van der Waals surface area contributed by atoms with Crippen LogP contribution in [0.5, 0.6) is 0 Å². The molecule has 3 aromatic rings. The second-order valence-electron chi connectivity index (χ2n) is 5.25. The Hall–Kier alpha value is -2.97. The summed E-state index contributed by atoms with van der Waals surface area (Å²) < 4.78 is 10.7. The van der Waals surface area contributed by atoms with E-state index in [1.54, 1.807) is 30.5 Å². The molecule has 0 N–H and O–H groups in total. The molecule has 0 saturated carbocycles. The molecule has 4 nitrogen and oxygen atoms in total. The number of hydrogen-bond acceptors (Lipinski definition) is 5. The number of carbonyl (C=O) groups is 1. The average Bonchev–Trinajstić information content (AvgIpc) is 3.18. The number of thioether (sulfide) groups is 1. The topological polar surface area (TPSA) is 63.2 Å². The molecule has 1 heterocycles. The van der Waals surface area contributed by atoms with Gasteiger partial charge in [-0.25, -0.2) is 4.79 Å². The monoisotopic (exact) mass is 349 g/mol. The Bertz CT molecular complexity index is 897. The van der Waals surface area contributed by atoms with Gasteiger partial charge in [-0.2, -0.15) is 5.26 Å². The number of nitrogens with zero attached hydrogens (tertiary/aromatic N) is 1. The van der Waals surface area contributed by atoms with Gasteiger partial charge >= 0.3 is 5.97 Å². The van der Waals surface area contributed by atoms with Gasteiger partial charge in [-0.3, -0.25) is 0 Å². The normalized spacial score (nSPS) is 10.2. The lowest BCUT2D eigenvalue weighted by atomic mass is 10.1. The number of ether oxygens (including phenoxy) is 1. The number of furan rings is 1. The summed E-state index contributed by atoms with van der Waals surface area (Å²) in [5.41, 5.74) is 1.85. The van der Waals surface area contributed by atoms with Crippen molar-refractivity contribution in [2.24, 2.45) is 0 Å². The first-order valence-electron chi connectivity index (χ1n) is 7.66. The van der Waals surface area contributed by atoms with Gasteiger partial charge in [0.1, 0.15) is 12.4 Å². The Labute approximate surface area is 150 Å². The molecule has 3 rings (SSSR count). The summed E-state index contributed by atoms with van der Waals surface area (Å²) in [5.74, 6) is 1.10. The van der Waals surface area contributed by atoms with Gasteiger partial charge in [0.05, 0.1) is 29.2 Å². The van der Waals surface area contributed by atoms with E-state index in [0.717, 1.165) is 16.2 Å². The number of benzene rings is 2. The molecular formula is C20H15NO3S. The van der Waals surface area contributed by atoms with Crippen LogP contribution in [0.4, 0.5) is 0 Å². The highest BCUT2D eigenvalue weighted by Gasteiger charge is 2.13. The summed E-state index contributed by atoms with van der Waals surface area (Å²) in [6, 6.07) is 20.2. The molecular weight excluding hydrogens is 334 g/mol. The van der Waals surface area contributed by atoms with E-state index < -0.39 is 0 Å². The minimum atomic E-state index is -0.384. The van der Waals surface area contributed by atoms with Crippen molar-refractivity contribution < 1.29 is 13.9 Å². The maximum Gasteiger partial charge on any atom is 0.339 e. The largest absolute Gasteiger partial charge is 0.468 e. The maximum atomic E-state index is 12.4. The smallest absolute Gasteiger partial charge is 0.339 e. The highest BCUT2D eigenvalue weighted by molar-refractivity contribution is 7.98. The van der Waals surface area contributed by atoms with Crippen molar-refractivity contribution in [3.8, 4) is 6.07 Å². The molecule has 0 aliphatic carbocycles. The molecule has 124 valence electrons. The van der Waals surface area contributed by atoms with Crippen LogP contribution in [-0.4, -0.2) is 5.97 Å². The Morgan fingerprint density at radius 2 is 2.00 bits per heavy atom. The van der Waals surface area contributed by atoms with Crippen LogP contribution in [0.1, 0.15) is 27.2 Å². The van der Waals surface area contributed by atoms with Gasteiger partial charge < -0.3 is 9.15 Å². The van der Waals surface area contributed by atoms with Crippen LogP contribution in [0.2, 0.25) is 0 Å². The molecule has 2 aromatic carbocycles. The fourth-order valence-corrected chi connectivity index (χ4v) is 3.21. The Balaban J connectivity index is 1.66. The molecule has 5 heteroatoms. The number of carbonyl (C=O) groups excluding carboxylic acids is 1. The Morgan fingerprint density at radius 1 is 1.12 bits per heavy atom. The molecule has 0 bridgehead atoms. The minimum absolute atomic E-state index is 0.130. The van der Waals surface area contributed by atoms with Crippen LogP contribution < -0.4 is 0 Å². The minimum Gasteiger partial charge on any atom is -0.468 e. The van der Waals surface area contributed by atoms with E-state index in [9.17, 15) is 4.79 Å². The highest BCUT2D eigenvalue weighted by atomic mass is 32.2. The van der Waals surface area contributed by atoms with Crippen LogP contribution in [0.15, 0.2) is 76.2 Å². The number of hydrogen-bond donors (Lipinski definition) is 0. The fourth-order valence-electron chi connectivity index (χ4n) is 2.26. The third-order valence-corrected chi connectivity index (χ3v) is 4.58. The van der Waals surface area contributed by atoms with Crippen molar-refractivity contribution in [3.05, 3.63) is 89.4 Å². The molecule has 0 unspecified atom stereocenters. The van der Waals surface area contributed by atoms with Crippen molar-refractivity contribution in [3.63, 3.8) is 0 Å². The standard InChI is InChI=1S/C20H15NO3S/c21-12-15-5-3-6-16(11-15)13-24-20(22)18-8-1-2-9-19(18)25-14-17-7-4-10-23-17/h1-11H,13-14H2. The number of esters is 1. The molecule has 0 radical (unpaired) electrons. The van der Waals surface area contributed by atoms with Crippen molar-refractivity contribution >= 4 is 17.7 Å². The van der Waals surface area contributed by atoms with Crippen LogP contribution in [-0.2, 0) is 17.1 Å². The van der Waals surface area contributed by atoms with Crippen LogP contribution in [0, 0.1) is 11.3 Å². The molecule has 25 heavy (non-hydrogen) atoms. The van der Waals surface area contributed by atoms with Gasteiger partial charge in [-0.1, -0.05) is 24.3 Å². The number of rotatable bonds is 6. The molecule has 0 aliphatic rings. The number of nitriles is 1. The molecule has 0 aliphatic heterocycles. The summed E-state index contributed by atoms with van der Waals surface area (Å²) in [7, 11) is 0. The summed E-state index contributed by atoms with van der Waals surface area (Å²) in [4.78, 5) is 13.3. The van der Waals surface area contributed by atoms with Crippen LogP contribution >= 0.6 is 11.8 Å². The van der Waals surface area contributed by atoms with E-state index in [2.05, 4.69) is 6.07 Å². The van der Waals surface area contributed by atoms with E-state index in [0.29, 0.717) is 16.9 Å². The zero-order valence-corrected chi connectivity index (χ0v) is 14.2. The van der Waals surface area contributed by atoms with Gasteiger partial charge in [-0.15, -0.1) is 11.8 Å². The van der Waals surface area contributed by atoms with Crippen LogP contribution in [0.25, 0.3) is 0 Å². The second kappa shape index (κ2) is 8.22. The first-order valence-corrected chi connectivity index (χ1v) is 8.65. The highest BCUT2D eigenvalue weighted by Crippen LogP contribution is 2.27. The Kier molecular flexibility index (Phi) is 5.55. The Morgan fingerprint density at radius 3 is 2.80 bits per heavy atom. The molecule has 0 fully saturated rings. The zero-order valence-electron chi connectivity index (χ0n) is 13.3. The maximum absolute atomic E-state index is 12.4. The lowest BCUT2D eigenvalue weighted by Gasteiger charge is -2.09. The molecule has 0 amide bonds. The van der Waals surface area contributed by atoms with E-state index in [1.807, 2.05) is 36.4 Å². The van der Waals surface area contributed by atoms with Gasteiger partial charge in [0.25, 0.3) is 0 Å². The van der Waals surface area contributed by atoms with E-state index in [1.165, 1.54) is 11.8 Å². The summed E-state index contributed by atoms with van der Waals surface area (Å²) >= 11 is 1.52. The predicted molar refractivity (Wildman–Crippen MR) is 95.0 cm³/mol. The van der Waals surface area contributed by atoms with Crippen molar-refractivity contribution in [1.82, 2.24) is 0 Å². The van der Waals surface area contributed by atoms with E-state index in [4.69, 9.17) is 14.4 Å². The molecule has 0 spiro atoms. The zero-order chi connectivity index (χ0) is 17.5. The SMILES string of the molecule is N#Cc1cccc(COC(=O)c2ccccc2SCc2ccco2)c1. The molecule has 0 atom stereocenters. The summed E-state index contributed by atoms with van der Waals surface area (Å²) in [6.07, 6.45) is 1.63. The van der Waals surface area contributed by atoms with Gasteiger partial charge in [0.2, 0.25) is 0 Å². The first kappa shape index (κ1) is 16.9. The van der Waals surface area contributed by atoms with Crippen molar-refractivity contribution in [2.45, 2.75) is 17.3 Å². The third kappa shape index (κ3) is 4.52. The van der Waals surface area contributed by atoms with E-state index >= 15 is 0 Å². The lowest BCUT2D eigenvalue weighted by Crippen LogP contribution is -2.06. The lowest BCUT2D eigenvalue weighted by molar-refractivity contribution is 0.0468. The summed E-state index contributed by atoms with van der Waals surface area (Å²) in [6.45, 7) is 0.130. The van der Waals surface area contributed by atoms with Crippen molar-refractivity contribution in [2.75, 3.05) is 0 Å². The third-order valence-electron chi connectivity index (χ3n) is 3.48. The van der Waals surface area contributed by atoms with Crippen molar-refractivity contribution in [1.29, 1.82) is 5.26 Å². The van der Waals surface area contributed by atoms with Gasteiger partial charge in [0, 0.05) is 4.90 Å². The average molecular weight is 349 g/mol. The van der Waals surface area contributed by atoms with Crippen LogP contribution in [0.3, 0.4) is 0 Å². The van der Waals surface area contributed by atoms with E-state index in [-0.39, 0.29) is 12.6 Å². The second-order valence-corrected chi connectivity index (χ2v) is 6.27. The van der Waals surface area contributed by atoms with Gasteiger partial charge in [0.15, 0.2) is 0 Å². The predicted octanol–water partition coefficient (Wildman–Crippen LogP) is 4.80. The molecule has 0 saturated heterocycles. The fraction of sp³-hybridized carbons (Fsp3) is 0.100. The first-order chi connectivity index (χ1) is 12.3. The molecule has 1 aromatic heterocycles. The quantitative estimate of drug-likeness (QED) is 0.472. The summed E-state index contributed by atoms with van der Waals surface area (Å²) in [5, 5.41) is 8.92. The van der Waals surface area contributed by atoms with Gasteiger partial charge in [-0.05, 0) is 42.0 Å².